The van der Waals surface area contributed by atoms with Gasteiger partial charge in [0, 0.05) is 5.39 Å². The van der Waals surface area contributed by atoms with Gasteiger partial charge in [0.05, 0.1) is 0 Å². The predicted octanol–water partition coefficient (Wildman–Crippen LogP) is 8.32. The molecule has 1 saturated carbocycles. The second-order valence-corrected chi connectivity index (χ2v) is 9.06. The summed E-state index contributed by atoms with van der Waals surface area (Å²) in [4.78, 5) is 0. The summed E-state index contributed by atoms with van der Waals surface area (Å²) >= 11 is 0. The van der Waals surface area contributed by atoms with Crippen molar-refractivity contribution >= 4 is 10.8 Å². The number of hydrogen-bond donors (Lipinski definition) is 0. The molecular formula is C29H32F2. The van der Waals surface area contributed by atoms with Crippen LogP contribution < -0.4 is 0 Å². The fraction of sp³-hybridized carbons (Fsp3) is 0.379. The van der Waals surface area contributed by atoms with Gasteiger partial charge in [0.25, 0.3) is 0 Å². The molecular weight excluding hydrogens is 386 g/mol. The highest BCUT2D eigenvalue weighted by atomic mass is 19.2. The summed E-state index contributed by atoms with van der Waals surface area (Å²) in [5.41, 5.74) is 4.24. The number of aryl methyl sites for hydroxylation is 3. The zero-order chi connectivity index (χ0) is 21.8. The maximum atomic E-state index is 14.6. The summed E-state index contributed by atoms with van der Waals surface area (Å²) in [6.45, 7) is 5.91. The van der Waals surface area contributed by atoms with Crippen LogP contribution in [0.5, 0.6) is 0 Å². The Bertz CT molecular complexity index is 1040. The molecule has 0 aromatic heterocycles. The lowest BCUT2D eigenvalue weighted by Gasteiger charge is -2.27. The van der Waals surface area contributed by atoms with Crippen molar-refractivity contribution < 1.29 is 8.78 Å². The van der Waals surface area contributed by atoms with E-state index in [-0.39, 0.29) is 0 Å². The van der Waals surface area contributed by atoms with Crippen molar-refractivity contribution in [2.75, 3.05) is 0 Å². The van der Waals surface area contributed by atoms with E-state index < -0.39 is 11.6 Å². The molecule has 0 amide bonds. The van der Waals surface area contributed by atoms with Crippen LogP contribution in [0.15, 0.2) is 61.2 Å². The lowest BCUT2D eigenvalue weighted by Crippen LogP contribution is -2.11. The summed E-state index contributed by atoms with van der Waals surface area (Å²) in [6, 6.07) is 16.6. The number of fused-ring (bicyclic) bond motifs is 1. The van der Waals surface area contributed by atoms with Gasteiger partial charge < -0.3 is 0 Å². The minimum atomic E-state index is -0.710. The highest BCUT2D eigenvalue weighted by molar-refractivity contribution is 5.84. The second kappa shape index (κ2) is 9.77. The van der Waals surface area contributed by atoms with Crippen LogP contribution in [0.2, 0.25) is 0 Å². The Morgan fingerprint density at radius 1 is 0.839 bits per heavy atom. The first kappa shape index (κ1) is 21.7. The summed E-state index contributed by atoms with van der Waals surface area (Å²) in [5.74, 6) is -0.0437. The fourth-order valence-electron chi connectivity index (χ4n) is 4.97. The summed E-state index contributed by atoms with van der Waals surface area (Å²) in [7, 11) is 0. The summed E-state index contributed by atoms with van der Waals surface area (Å²) in [6.07, 6.45) is 10.2. The Kier molecular flexibility index (Phi) is 6.85. The minimum absolute atomic E-state index is 0.389. The second-order valence-electron chi connectivity index (χ2n) is 9.06. The van der Waals surface area contributed by atoms with Crippen LogP contribution in [0, 0.1) is 17.6 Å². The zero-order valence-corrected chi connectivity index (χ0v) is 18.5. The van der Waals surface area contributed by atoms with E-state index in [1.165, 1.54) is 36.8 Å². The molecule has 1 aliphatic rings. The predicted molar refractivity (Wildman–Crippen MR) is 127 cm³/mol. The van der Waals surface area contributed by atoms with Gasteiger partial charge in [-0.25, -0.2) is 8.78 Å². The third-order valence-corrected chi connectivity index (χ3v) is 6.94. The summed E-state index contributed by atoms with van der Waals surface area (Å²) in [5, 5.41) is 1.17. The van der Waals surface area contributed by atoms with Gasteiger partial charge in [-0.05, 0) is 96.6 Å². The van der Waals surface area contributed by atoms with Crippen molar-refractivity contribution in [1.29, 1.82) is 0 Å². The summed E-state index contributed by atoms with van der Waals surface area (Å²) < 4.78 is 29.0. The van der Waals surface area contributed by atoms with E-state index in [2.05, 4.69) is 36.9 Å². The molecule has 31 heavy (non-hydrogen) atoms. The van der Waals surface area contributed by atoms with Gasteiger partial charge in [-0.2, -0.15) is 0 Å². The normalized spacial score (nSPS) is 18.9. The van der Waals surface area contributed by atoms with Gasteiger partial charge in [0.15, 0.2) is 11.6 Å². The van der Waals surface area contributed by atoms with Crippen molar-refractivity contribution in [2.45, 2.75) is 64.2 Å². The molecule has 1 aliphatic carbocycles. The first-order valence-corrected chi connectivity index (χ1v) is 11.7. The molecule has 0 atom stereocenters. The van der Waals surface area contributed by atoms with Crippen LogP contribution in [0.25, 0.3) is 10.8 Å². The largest absolute Gasteiger partial charge is 0.203 e. The quantitative estimate of drug-likeness (QED) is 0.338. The zero-order valence-electron chi connectivity index (χ0n) is 18.5. The maximum absolute atomic E-state index is 14.6. The van der Waals surface area contributed by atoms with E-state index in [1.54, 1.807) is 6.07 Å². The molecule has 3 aromatic rings. The van der Waals surface area contributed by atoms with E-state index in [0.29, 0.717) is 29.2 Å². The van der Waals surface area contributed by atoms with Crippen LogP contribution >= 0.6 is 0 Å². The SMILES string of the molecule is C=CC1CCC(c2ccc(CCc3ccc4cc(CCC)c(F)c(F)c4c3)cc2)CC1. The van der Waals surface area contributed by atoms with Crippen molar-refractivity contribution in [2.24, 2.45) is 5.92 Å². The maximum Gasteiger partial charge on any atom is 0.166 e. The van der Waals surface area contributed by atoms with Crippen LogP contribution in [0.3, 0.4) is 0 Å². The van der Waals surface area contributed by atoms with Crippen molar-refractivity contribution in [3.8, 4) is 0 Å². The fourth-order valence-corrected chi connectivity index (χ4v) is 4.97. The molecule has 0 unspecified atom stereocenters. The highest BCUT2D eigenvalue weighted by Crippen LogP contribution is 2.36. The number of allylic oxidation sites excluding steroid dienone is 1. The third kappa shape index (κ3) is 4.89. The van der Waals surface area contributed by atoms with Crippen LogP contribution in [0.4, 0.5) is 8.78 Å². The first-order valence-electron chi connectivity index (χ1n) is 11.7. The van der Waals surface area contributed by atoms with Crippen molar-refractivity contribution in [3.63, 3.8) is 0 Å². The van der Waals surface area contributed by atoms with Crippen LogP contribution in [-0.4, -0.2) is 0 Å². The van der Waals surface area contributed by atoms with E-state index >= 15 is 0 Å². The van der Waals surface area contributed by atoms with Gasteiger partial charge in [0.2, 0.25) is 0 Å². The Labute approximate surface area is 185 Å². The molecule has 0 heterocycles. The molecule has 0 aliphatic heterocycles. The van der Waals surface area contributed by atoms with E-state index in [1.807, 2.05) is 25.1 Å². The van der Waals surface area contributed by atoms with Gasteiger partial charge in [0.1, 0.15) is 0 Å². The number of rotatable bonds is 7. The van der Waals surface area contributed by atoms with Gasteiger partial charge in [-0.15, -0.1) is 6.58 Å². The average Bonchev–Trinajstić information content (AvgIpc) is 2.82. The van der Waals surface area contributed by atoms with Gasteiger partial charge in [-0.1, -0.05) is 55.8 Å². The van der Waals surface area contributed by atoms with E-state index in [0.717, 1.165) is 30.2 Å². The smallest absolute Gasteiger partial charge is 0.166 e. The molecule has 162 valence electrons. The molecule has 0 nitrogen and oxygen atoms in total. The molecule has 4 rings (SSSR count). The minimum Gasteiger partial charge on any atom is -0.203 e. The van der Waals surface area contributed by atoms with Gasteiger partial charge in [-0.3, -0.25) is 0 Å². The van der Waals surface area contributed by atoms with Gasteiger partial charge >= 0.3 is 0 Å². The average molecular weight is 419 g/mol. The number of halogens is 2. The molecule has 3 aromatic carbocycles. The van der Waals surface area contributed by atoms with E-state index in [4.69, 9.17) is 0 Å². The molecule has 0 spiro atoms. The van der Waals surface area contributed by atoms with Crippen LogP contribution in [0.1, 0.15) is 67.2 Å². The molecule has 0 bridgehead atoms. The molecule has 0 radical (unpaired) electrons. The first-order chi connectivity index (χ1) is 15.1. The highest BCUT2D eigenvalue weighted by Gasteiger charge is 2.20. The topological polar surface area (TPSA) is 0 Å². The van der Waals surface area contributed by atoms with Crippen molar-refractivity contribution in [3.05, 3.63) is 95.1 Å². The van der Waals surface area contributed by atoms with Crippen LogP contribution in [-0.2, 0) is 19.3 Å². The Morgan fingerprint density at radius 2 is 1.52 bits per heavy atom. The number of benzene rings is 3. The third-order valence-electron chi connectivity index (χ3n) is 6.94. The molecule has 0 N–H and O–H groups in total. The Balaban J connectivity index is 1.42. The molecule has 2 heteroatoms. The Morgan fingerprint density at radius 3 is 2.19 bits per heavy atom. The monoisotopic (exact) mass is 418 g/mol. The lowest BCUT2D eigenvalue weighted by molar-refractivity contribution is 0.376. The Hall–Kier alpha value is -2.48. The number of hydrogen-bond acceptors (Lipinski definition) is 0. The van der Waals surface area contributed by atoms with Crippen molar-refractivity contribution in [1.82, 2.24) is 0 Å². The standard InChI is InChI=1S/C29H32F2/c1-3-5-26-19-25-17-12-22(18-27(25)29(31)28(26)30)7-6-21-10-15-24(16-11-21)23-13-8-20(4-2)9-14-23/h4,10-12,15-20,23H,2-3,5-9,13-14H2,1H3. The lowest BCUT2D eigenvalue weighted by atomic mass is 9.78. The molecule has 1 fully saturated rings. The van der Waals surface area contributed by atoms with E-state index in [9.17, 15) is 8.78 Å². The molecule has 0 saturated heterocycles.